The monoisotopic (exact) mass is 680 g/mol. The molecule has 16 heteroatoms. The molecule has 0 radical (unpaired) electrons. The molecule has 0 saturated carbocycles. The van der Waals surface area contributed by atoms with Gasteiger partial charge in [-0.15, -0.1) is 0 Å². The number of anilines is 1. The van der Waals surface area contributed by atoms with Crippen LogP contribution in [0.3, 0.4) is 0 Å². The lowest BCUT2D eigenvalue weighted by molar-refractivity contribution is -0.277. The zero-order valence-electron chi connectivity index (χ0n) is 28.4. The van der Waals surface area contributed by atoms with Gasteiger partial charge < -0.3 is 50.2 Å². The van der Waals surface area contributed by atoms with E-state index in [1.165, 1.54) is 44.1 Å². The summed E-state index contributed by atoms with van der Waals surface area (Å²) < 4.78 is 16.4. The lowest BCUT2D eigenvalue weighted by atomic mass is 9.78. The average molecular weight is 681 g/mol. The molecular weight excluding hydrogens is 632 g/mol. The van der Waals surface area contributed by atoms with Crippen molar-refractivity contribution in [3.05, 3.63) is 36.4 Å². The van der Waals surface area contributed by atoms with Gasteiger partial charge in [0.25, 0.3) is 5.91 Å². The lowest BCUT2D eigenvalue weighted by Gasteiger charge is -2.40. The van der Waals surface area contributed by atoms with Crippen molar-refractivity contribution < 1.29 is 58.6 Å². The first-order valence-electron chi connectivity index (χ1n) is 15.2. The van der Waals surface area contributed by atoms with Crippen LogP contribution in [0.4, 0.5) is 10.5 Å². The van der Waals surface area contributed by atoms with Gasteiger partial charge in [0.05, 0.1) is 12.3 Å². The number of carbonyl (C=O) groups is 5. The number of amides is 5. The smallest absolute Gasteiger partial charge is 0.409 e. The molecule has 1 saturated heterocycles. The summed E-state index contributed by atoms with van der Waals surface area (Å²) in [6.45, 7) is 10.4. The van der Waals surface area contributed by atoms with Gasteiger partial charge in [0, 0.05) is 44.9 Å². The Kier molecular flexibility index (Phi) is 14.1. The van der Waals surface area contributed by atoms with E-state index in [0.717, 1.165) is 11.0 Å². The first-order valence-corrected chi connectivity index (χ1v) is 15.2. The van der Waals surface area contributed by atoms with Gasteiger partial charge in [0.2, 0.25) is 24.0 Å². The first kappa shape index (κ1) is 40.1. The Labute approximate surface area is 279 Å². The standard InChI is InChI=1S/C32H48N4O12/c1-9-24(40)36(18(2)38)32(5,6)17-31(3,4)29(44)33-13-12-23(39)34-20-14-19(16-46-30(45)35(7)8)10-11-21(20)47-28-27(43)26(42)25(41)22(15-37)48-28/h9-11,14,22,25-28,37,41-43H,1,12-13,15-17H2,2-8H3,(H,33,44)(H,34,39)/t22-,25-,26+,27-,28?/m1/s1. The van der Waals surface area contributed by atoms with E-state index in [2.05, 4.69) is 17.2 Å². The molecule has 1 heterocycles. The molecule has 2 rings (SSSR count). The van der Waals surface area contributed by atoms with Crippen molar-refractivity contribution in [1.82, 2.24) is 15.1 Å². The maximum absolute atomic E-state index is 13.1. The van der Waals surface area contributed by atoms with E-state index in [-0.39, 0.29) is 37.4 Å². The number of ether oxygens (including phenoxy) is 3. The summed E-state index contributed by atoms with van der Waals surface area (Å²) in [7, 11) is 3.02. The van der Waals surface area contributed by atoms with Crippen molar-refractivity contribution in [2.45, 2.75) is 90.3 Å². The van der Waals surface area contributed by atoms with E-state index in [0.29, 0.717) is 5.56 Å². The molecule has 1 fully saturated rings. The van der Waals surface area contributed by atoms with E-state index in [9.17, 15) is 44.4 Å². The predicted octanol–water partition coefficient (Wildman–Crippen LogP) is 0.264. The number of aliphatic hydroxyl groups excluding tert-OH is 4. The Morgan fingerprint density at radius 1 is 1.04 bits per heavy atom. The van der Waals surface area contributed by atoms with E-state index >= 15 is 0 Å². The third-order valence-electron chi connectivity index (χ3n) is 7.58. The largest absolute Gasteiger partial charge is 0.460 e. The molecule has 5 atom stereocenters. The predicted molar refractivity (Wildman–Crippen MR) is 171 cm³/mol. The molecule has 268 valence electrons. The maximum atomic E-state index is 13.1. The van der Waals surface area contributed by atoms with Gasteiger partial charge in [-0.25, -0.2) is 4.79 Å². The van der Waals surface area contributed by atoms with Crippen LogP contribution in [-0.2, 0) is 35.3 Å². The molecule has 1 aliphatic rings. The summed E-state index contributed by atoms with van der Waals surface area (Å²) in [5, 5.41) is 45.5. The second-order valence-electron chi connectivity index (χ2n) is 12.9. The molecule has 1 aromatic rings. The Bertz CT molecular complexity index is 1350. The highest BCUT2D eigenvalue weighted by atomic mass is 16.7. The second-order valence-corrected chi connectivity index (χ2v) is 12.9. The van der Waals surface area contributed by atoms with Gasteiger partial charge in [-0.05, 0) is 44.0 Å². The van der Waals surface area contributed by atoms with Gasteiger partial charge in [0.15, 0.2) is 0 Å². The third kappa shape index (κ3) is 10.5. The van der Waals surface area contributed by atoms with Gasteiger partial charge >= 0.3 is 6.09 Å². The van der Waals surface area contributed by atoms with E-state index in [1.54, 1.807) is 27.7 Å². The van der Waals surface area contributed by atoms with Crippen molar-refractivity contribution in [1.29, 1.82) is 0 Å². The fourth-order valence-electron chi connectivity index (χ4n) is 5.38. The number of benzene rings is 1. The molecular formula is C32H48N4O12. The molecule has 1 unspecified atom stereocenters. The quantitative estimate of drug-likeness (QED) is 0.146. The molecule has 0 aromatic heterocycles. The average Bonchev–Trinajstić information content (AvgIpc) is 2.99. The minimum Gasteiger partial charge on any atom is -0.460 e. The Morgan fingerprint density at radius 2 is 1.69 bits per heavy atom. The van der Waals surface area contributed by atoms with Gasteiger partial charge in [-0.2, -0.15) is 0 Å². The summed E-state index contributed by atoms with van der Waals surface area (Å²) in [5.74, 6) is -2.09. The van der Waals surface area contributed by atoms with Crippen LogP contribution in [0.1, 0.15) is 53.0 Å². The van der Waals surface area contributed by atoms with Crippen LogP contribution in [0.5, 0.6) is 5.75 Å². The molecule has 6 N–H and O–H groups in total. The SMILES string of the molecule is C=CC(=O)N(C(C)=O)C(C)(C)CC(C)(C)C(=O)NCCC(=O)Nc1cc(COC(=O)N(C)C)ccc1OC1O[C@H](CO)[C@@H](O)[C@H](O)[C@H]1O. The number of carbonyl (C=O) groups excluding carboxylic acids is 5. The second kappa shape index (κ2) is 16.8. The number of rotatable bonds is 14. The van der Waals surface area contributed by atoms with E-state index in [4.69, 9.17) is 14.2 Å². The van der Waals surface area contributed by atoms with Crippen LogP contribution in [-0.4, -0.2) is 123 Å². The lowest BCUT2D eigenvalue weighted by Crippen LogP contribution is -2.60. The molecule has 16 nitrogen and oxygen atoms in total. The molecule has 48 heavy (non-hydrogen) atoms. The van der Waals surface area contributed by atoms with Crippen molar-refractivity contribution in [2.24, 2.45) is 5.41 Å². The van der Waals surface area contributed by atoms with E-state index < -0.39 is 78.0 Å². The highest BCUT2D eigenvalue weighted by Crippen LogP contribution is 2.33. The fraction of sp³-hybridized carbons (Fsp3) is 0.594. The molecule has 5 amide bonds. The van der Waals surface area contributed by atoms with Crippen molar-refractivity contribution in [3.63, 3.8) is 0 Å². The summed E-state index contributed by atoms with van der Waals surface area (Å²) in [5.41, 5.74) is -1.56. The maximum Gasteiger partial charge on any atom is 0.409 e. The number of nitrogens with zero attached hydrogens (tertiary/aromatic N) is 2. The zero-order chi connectivity index (χ0) is 36.6. The molecule has 1 aliphatic heterocycles. The summed E-state index contributed by atoms with van der Waals surface area (Å²) in [4.78, 5) is 64.9. The number of hydrogen-bond donors (Lipinski definition) is 6. The fourth-order valence-corrected chi connectivity index (χ4v) is 5.38. The number of nitrogens with one attached hydrogen (secondary N) is 2. The minimum absolute atomic E-state index is 0.0214. The molecule has 1 aromatic carbocycles. The van der Waals surface area contributed by atoms with E-state index in [1.807, 2.05) is 0 Å². The van der Waals surface area contributed by atoms with Gasteiger partial charge in [-0.1, -0.05) is 26.5 Å². The summed E-state index contributed by atoms with van der Waals surface area (Å²) in [6.07, 6.45) is -7.45. The van der Waals surface area contributed by atoms with Crippen molar-refractivity contribution in [2.75, 3.05) is 32.6 Å². The van der Waals surface area contributed by atoms with Gasteiger partial charge in [0.1, 0.15) is 36.8 Å². The van der Waals surface area contributed by atoms with Crippen molar-refractivity contribution in [3.8, 4) is 5.75 Å². The summed E-state index contributed by atoms with van der Waals surface area (Å²) >= 11 is 0. The van der Waals surface area contributed by atoms with Gasteiger partial charge in [-0.3, -0.25) is 24.1 Å². The Morgan fingerprint density at radius 3 is 2.25 bits per heavy atom. The van der Waals surface area contributed by atoms with Crippen LogP contribution < -0.4 is 15.4 Å². The van der Waals surface area contributed by atoms with Crippen LogP contribution in [0.15, 0.2) is 30.9 Å². The summed E-state index contributed by atoms with van der Waals surface area (Å²) in [6, 6.07) is 4.39. The zero-order valence-corrected chi connectivity index (χ0v) is 28.4. The molecule has 0 spiro atoms. The van der Waals surface area contributed by atoms with Crippen LogP contribution >= 0.6 is 0 Å². The molecule has 0 bridgehead atoms. The Balaban J connectivity index is 2.17. The van der Waals surface area contributed by atoms with Crippen molar-refractivity contribution >= 4 is 35.4 Å². The Hall–Kier alpha value is -4.09. The normalized spacial score (nSPS) is 21.0. The van der Waals surface area contributed by atoms with Crippen LogP contribution in [0, 0.1) is 5.41 Å². The first-order chi connectivity index (χ1) is 22.2. The van der Waals surface area contributed by atoms with Crippen LogP contribution in [0.2, 0.25) is 0 Å². The highest BCUT2D eigenvalue weighted by Gasteiger charge is 2.45. The highest BCUT2D eigenvalue weighted by molar-refractivity contribution is 6.00. The number of hydrogen-bond acceptors (Lipinski definition) is 12. The van der Waals surface area contributed by atoms with Crippen LogP contribution in [0.25, 0.3) is 0 Å². The number of aliphatic hydroxyl groups is 4. The number of imide groups is 1. The topological polar surface area (TPSA) is 224 Å². The third-order valence-corrected chi connectivity index (χ3v) is 7.58. The minimum atomic E-state index is -1.71. The molecule has 0 aliphatic carbocycles.